The van der Waals surface area contributed by atoms with Crippen molar-refractivity contribution in [3.63, 3.8) is 0 Å². The van der Waals surface area contributed by atoms with Crippen LogP contribution in [0.3, 0.4) is 0 Å². The molecule has 2 aliphatic rings. The fourth-order valence-corrected chi connectivity index (χ4v) is 3.34. The summed E-state index contributed by atoms with van der Waals surface area (Å²) in [4.78, 5) is 25.5. The van der Waals surface area contributed by atoms with Crippen molar-refractivity contribution < 1.29 is 9.59 Å². The van der Waals surface area contributed by atoms with E-state index in [2.05, 4.69) is 0 Å². The first-order valence-corrected chi connectivity index (χ1v) is 7.15. The van der Waals surface area contributed by atoms with Crippen molar-refractivity contribution in [2.45, 2.75) is 37.5 Å². The minimum Gasteiger partial charge on any atom is -0.309 e. The zero-order valence-electron chi connectivity index (χ0n) is 10.9. The maximum atomic E-state index is 12.6. The van der Waals surface area contributed by atoms with Crippen molar-refractivity contribution in [1.29, 1.82) is 0 Å². The van der Waals surface area contributed by atoms with Gasteiger partial charge in [-0.25, -0.2) is 0 Å². The van der Waals surface area contributed by atoms with E-state index in [1.807, 2.05) is 19.1 Å². The van der Waals surface area contributed by atoms with Gasteiger partial charge in [-0.2, -0.15) is 0 Å². The topological polar surface area (TPSA) is 37.4 Å². The first-order valence-electron chi connectivity index (χ1n) is 6.77. The monoisotopic (exact) mass is 277 g/mol. The Kier molecular flexibility index (Phi) is 2.90. The van der Waals surface area contributed by atoms with Gasteiger partial charge in [-0.3, -0.25) is 9.59 Å². The third-order valence-corrected chi connectivity index (χ3v) is 4.58. The molecule has 2 heterocycles. The zero-order valence-corrected chi connectivity index (χ0v) is 11.7. The van der Waals surface area contributed by atoms with Crippen molar-refractivity contribution in [3.8, 4) is 0 Å². The smallest absolute Gasteiger partial charge is 0.256 e. The molecule has 0 N–H and O–H groups in total. The first-order chi connectivity index (χ1) is 9.09. The number of nitrogens with zero attached hydrogens (tertiary/aromatic N) is 1. The molecule has 1 atom stereocenters. The molecule has 100 valence electrons. The van der Waals surface area contributed by atoms with Crippen LogP contribution in [0.5, 0.6) is 0 Å². The van der Waals surface area contributed by atoms with E-state index in [9.17, 15) is 9.59 Å². The number of Topliss-reactive ketones (excluding diaryl/α,β-unsaturated/α-hetero) is 1. The number of alkyl halides is 1. The second-order valence-electron chi connectivity index (χ2n) is 5.25. The quantitative estimate of drug-likeness (QED) is 0.629. The van der Waals surface area contributed by atoms with E-state index in [0.717, 1.165) is 30.5 Å². The van der Waals surface area contributed by atoms with Crippen LogP contribution in [-0.2, 0) is 11.2 Å². The number of hydrogen-bond acceptors (Lipinski definition) is 2. The van der Waals surface area contributed by atoms with Gasteiger partial charge < -0.3 is 4.90 Å². The molecule has 0 fully saturated rings. The molecule has 0 bridgehead atoms. The van der Waals surface area contributed by atoms with Crippen LogP contribution in [0, 0.1) is 0 Å². The molecule has 0 aliphatic carbocycles. The van der Waals surface area contributed by atoms with E-state index in [1.54, 1.807) is 11.0 Å². The summed E-state index contributed by atoms with van der Waals surface area (Å²) in [5.41, 5.74) is 2.49. The number of rotatable bonds is 3. The number of hydrogen-bond donors (Lipinski definition) is 0. The van der Waals surface area contributed by atoms with Crippen molar-refractivity contribution >= 4 is 29.0 Å². The Morgan fingerprint density at radius 1 is 1.37 bits per heavy atom. The average Bonchev–Trinajstić information content (AvgIpc) is 2.85. The summed E-state index contributed by atoms with van der Waals surface area (Å²) in [6, 6.07) is 5.64. The van der Waals surface area contributed by atoms with Crippen LogP contribution in [-0.4, -0.2) is 23.1 Å². The molecular formula is C15H16ClNO2. The van der Waals surface area contributed by atoms with E-state index in [1.165, 1.54) is 0 Å². The van der Waals surface area contributed by atoms with Crippen molar-refractivity contribution in [2.75, 3.05) is 11.4 Å². The largest absolute Gasteiger partial charge is 0.309 e. The number of amides is 1. The number of ketones is 1. The zero-order chi connectivity index (χ0) is 13.6. The SMILES string of the molecule is CCCCC1(Cl)C(=O)c2cccc3c2N(CC3)C1=O. The molecule has 19 heavy (non-hydrogen) atoms. The number of unbranched alkanes of at least 4 members (excludes halogenated alkanes) is 1. The second-order valence-corrected chi connectivity index (χ2v) is 5.90. The molecule has 0 aromatic heterocycles. The molecule has 1 amide bonds. The van der Waals surface area contributed by atoms with E-state index >= 15 is 0 Å². The van der Waals surface area contributed by atoms with Gasteiger partial charge in [0.05, 0.1) is 5.69 Å². The van der Waals surface area contributed by atoms with E-state index in [-0.39, 0.29) is 11.7 Å². The average molecular weight is 278 g/mol. The van der Waals surface area contributed by atoms with Gasteiger partial charge in [0, 0.05) is 12.1 Å². The predicted octanol–water partition coefficient (Wildman–Crippen LogP) is 2.94. The van der Waals surface area contributed by atoms with Crippen LogP contribution < -0.4 is 4.90 Å². The van der Waals surface area contributed by atoms with Crippen LogP contribution in [0.15, 0.2) is 18.2 Å². The standard InChI is InChI=1S/C15H16ClNO2/c1-2-3-8-15(16)13(18)11-6-4-5-10-7-9-17(12(10)11)14(15)19/h4-6H,2-3,7-9H2,1H3. The molecule has 0 saturated heterocycles. The molecule has 1 aromatic rings. The Morgan fingerprint density at radius 3 is 2.89 bits per heavy atom. The van der Waals surface area contributed by atoms with Gasteiger partial charge in [-0.05, 0) is 24.5 Å². The summed E-state index contributed by atoms with van der Waals surface area (Å²) in [5.74, 6) is -0.451. The number of para-hydroxylation sites is 1. The lowest BCUT2D eigenvalue weighted by molar-refractivity contribution is -0.120. The Bertz CT molecular complexity index is 569. The first kappa shape index (κ1) is 12.7. The minimum absolute atomic E-state index is 0.220. The van der Waals surface area contributed by atoms with Gasteiger partial charge in [-0.1, -0.05) is 43.5 Å². The molecule has 1 aromatic carbocycles. The number of carbonyl (C=O) groups is 2. The maximum Gasteiger partial charge on any atom is 0.256 e. The molecular weight excluding hydrogens is 262 g/mol. The fourth-order valence-electron chi connectivity index (χ4n) is 3.01. The summed E-state index contributed by atoms with van der Waals surface area (Å²) in [6.45, 7) is 2.67. The summed E-state index contributed by atoms with van der Waals surface area (Å²) in [7, 11) is 0. The molecule has 3 nitrogen and oxygen atoms in total. The molecule has 3 rings (SSSR count). The molecule has 2 aliphatic heterocycles. The van der Waals surface area contributed by atoms with Crippen LogP contribution in [0.4, 0.5) is 5.69 Å². The summed E-state index contributed by atoms with van der Waals surface area (Å²) < 4.78 is 0. The highest BCUT2D eigenvalue weighted by molar-refractivity contribution is 6.52. The van der Waals surface area contributed by atoms with E-state index in [0.29, 0.717) is 18.5 Å². The molecule has 1 unspecified atom stereocenters. The lowest BCUT2D eigenvalue weighted by Gasteiger charge is -2.35. The number of halogens is 1. The third kappa shape index (κ3) is 1.64. The summed E-state index contributed by atoms with van der Waals surface area (Å²) in [5, 5.41) is 0. The van der Waals surface area contributed by atoms with Crippen LogP contribution in [0.1, 0.15) is 42.1 Å². The fraction of sp³-hybridized carbons (Fsp3) is 0.467. The highest BCUT2D eigenvalue weighted by atomic mass is 35.5. The summed E-state index contributed by atoms with van der Waals surface area (Å²) in [6.07, 6.45) is 2.93. The van der Waals surface area contributed by atoms with Crippen LogP contribution in [0.2, 0.25) is 0 Å². The van der Waals surface area contributed by atoms with Crippen molar-refractivity contribution in [3.05, 3.63) is 29.3 Å². The molecule has 0 saturated carbocycles. The molecule has 0 spiro atoms. The van der Waals surface area contributed by atoms with Gasteiger partial charge in [0.15, 0.2) is 10.7 Å². The predicted molar refractivity (Wildman–Crippen MR) is 74.9 cm³/mol. The Labute approximate surface area is 117 Å². The van der Waals surface area contributed by atoms with E-state index in [4.69, 9.17) is 11.6 Å². The van der Waals surface area contributed by atoms with Crippen molar-refractivity contribution in [2.24, 2.45) is 0 Å². The number of carbonyl (C=O) groups excluding carboxylic acids is 2. The second kappa shape index (κ2) is 4.34. The number of benzene rings is 1. The van der Waals surface area contributed by atoms with Gasteiger partial charge in [-0.15, -0.1) is 0 Å². The van der Waals surface area contributed by atoms with Gasteiger partial charge in [0.2, 0.25) is 0 Å². The van der Waals surface area contributed by atoms with Crippen molar-refractivity contribution in [1.82, 2.24) is 0 Å². The van der Waals surface area contributed by atoms with E-state index < -0.39 is 4.87 Å². The molecule has 0 radical (unpaired) electrons. The number of anilines is 1. The minimum atomic E-state index is -1.38. The van der Waals surface area contributed by atoms with Crippen LogP contribution in [0.25, 0.3) is 0 Å². The van der Waals surface area contributed by atoms with Crippen LogP contribution >= 0.6 is 11.6 Å². The Hall–Kier alpha value is -1.35. The lowest BCUT2D eigenvalue weighted by Crippen LogP contribution is -2.54. The normalized spacial score (nSPS) is 24.8. The lowest BCUT2D eigenvalue weighted by atomic mass is 9.86. The molecule has 4 heteroatoms. The highest BCUT2D eigenvalue weighted by Crippen LogP contribution is 2.43. The van der Waals surface area contributed by atoms with Gasteiger partial charge >= 0.3 is 0 Å². The Balaban J connectivity index is 2.11. The highest BCUT2D eigenvalue weighted by Gasteiger charge is 2.52. The third-order valence-electron chi connectivity index (χ3n) is 4.06. The summed E-state index contributed by atoms with van der Waals surface area (Å²) >= 11 is 6.44. The Morgan fingerprint density at radius 2 is 2.16 bits per heavy atom. The van der Waals surface area contributed by atoms with Gasteiger partial charge in [0.1, 0.15) is 0 Å². The maximum absolute atomic E-state index is 12.6. The van der Waals surface area contributed by atoms with Gasteiger partial charge in [0.25, 0.3) is 5.91 Å².